The fourth-order valence-corrected chi connectivity index (χ4v) is 4.57. The van der Waals surface area contributed by atoms with Gasteiger partial charge in [-0.25, -0.2) is 9.97 Å². The second kappa shape index (κ2) is 8.95. The molecule has 2 N–H and O–H groups in total. The highest BCUT2D eigenvalue weighted by molar-refractivity contribution is 5.92. The first-order valence-electron chi connectivity index (χ1n) is 10.8. The van der Waals surface area contributed by atoms with Gasteiger partial charge in [0, 0.05) is 50.4 Å². The van der Waals surface area contributed by atoms with Crippen molar-refractivity contribution < 1.29 is 4.79 Å². The highest BCUT2D eigenvalue weighted by Gasteiger charge is 2.30. The van der Waals surface area contributed by atoms with E-state index in [4.69, 9.17) is 0 Å². The maximum absolute atomic E-state index is 12.0. The number of nitrogens with zero attached hydrogens (tertiary/aromatic N) is 4. The van der Waals surface area contributed by atoms with Gasteiger partial charge in [-0.05, 0) is 51.3 Å². The molecule has 0 spiro atoms. The van der Waals surface area contributed by atoms with Gasteiger partial charge in [-0.15, -0.1) is 0 Å². The second-order valence-electron chi connectivity index (χ2n) is 8.31. The number of rotatable bonds is 4. The summed E-state index contributed by atoms with van der Waals surface area (Å²) < 4.78 is 0. The van der Waals surface area contributed by atoms with Crippen LogP contribution in [0, 0.1) is 6.92 Å². The lowest BCUT2D eigenvalue weighted by atomic mass is 9.93. The SMILES string of the molecule is CNC(=O)c1ccc(N2CCC(N3CCCC(c4ncc(C)c(=O)[nH]4)C3)CC2)cn1. The number of carbonyl (C=O) groups is 1. The van der Waals surface area contributed by atoms with Gasteiger partial charge in [0.15, 0.2) is 0 Å². The van der Waals surface area contributed by atoms with Gasteiger partial charge in [-0.1, -0.05) is 0 Å². The predicted molar refractivity (Wildman–Crippen MR) is 116 cm³/mol. The maximum Gasteiger partial charge on any atom is 0.269 e. The van der Waals surface area contributed by atoms with Gasteiger partial charge in [0.05, 0.1) is 11.9 Å². The normalized spacial score (nSPS) is 20.9. The molecule has 2 aromatic heterocycles. The Morgan fingerprint density at radius 3 is 2.60 bits per heavy atom. The van der Waals surface area contributed by atoms with E-state index in [0.29, 0.717) is 23.2 Å². The molecule has 2 aliphatic heterocycles. The summed E-state index contributed by atoms with van der Waals surface area (Å²) in [6.45, 7) is 5.82. The van der Waals surface area contributed by atoms with E-state index in [1.807, 2.05) is 6.07 Å². The number of hydrogen-bond donors (Lipinski definition) is 2. The molecule has 0 saturated carbocycles. The van der Waals surface area contributed by atoms with Crippen molar-refractivity contribution in [2.24, 2.45) is 0 Å². The van der Waals surface area contributed by atoms with E-state index in [0.717, 1.165) is 63.4 Å². The Morgan fingerprint density at radius 2 is 1.93 bits per heavy atom. The zero-order valence-electron chi connectivity index (χ0n) is 17.7. The van der Waals surface area contributed by atoms with Crippen LogP contribution in [0.25, 0.3) is 0 Å². The quantitative estimate of drug-likeness (QED) is 0.797. The molecule has 0 aliphatic carbocycles. The van der Waals surface area contributed by atoms with Crippen LogP contribution in [-0.4, -0.2) is 65.0 Å². The molecule has 0 bridgehead atoms. The average molecular weight is 411 g/mol. The summed E-state index contributed by atoms with van der Waals surface area (Å²) in [5, 5.41) is 2.60. The first-order valence-corrected chi connectivity index (χ1v) is 10.8. The minimum Gasteiger partial charge on any atom is -0.370 e. The molecule has 0 aromatic carbocycles. The zero-order chi connectivity index (χ0) is 21.1. The summed E-state index contributed by atoms with van der Waals surface area (Å²) in [6.07, 6.45) is 7.89. The molecule has 0 radical (unpaired) electrons. The number of piperidine rings is 2. The number of aromatic amines is 1. The van der Waals surface area contributed by atoms with E-state index in [1.54, 1.807) is 32.4 Å². The van der Waals surface area contributed by atoms with Crippen molar-refractivity contribution in [3.8, 4) is 0 Å². The smallest absolute Gasteiger partial charge is 0.269 e. The van der Waals surface area contributed by atoms with Crippen LogP contribution in [0.15, 0.2) is 29.3 Å². The van der Waals surface area contributed by atoms with Crippen LogP contribution < -0.4 is 15.8 Å². The number of pyridine rings is 1. The molecule has 2 aromatic rings. The topological polar surface area (TPSA) is 94.2 Å². The number of aromatic nitrogens is 3. The van der Waals surface area contributed by atoms with Crippen molar-refractivity contribution in [2.45, 2.75) is 44.6 Å². The van der Waals surface area contributed by atoms with Gasteiger partial charge < -0.3 is 15.2 Å². The lowest BCUT2D eigenvalue weighted by molar-refractivity contribution is 0.0958. The molecule has 4 heterocycles. The van der Waals surface area contributed by atoms with Crippen LogP contribution >= 0.6 is 0 Å². The Bertz CT molecular complexity index is 933. The highest BCUT2D eigenvalue weighted by Crippen LogP contribution is 2.29. The molecule has 1 unspecified atom stereocenters. The van der Waals surface area contributed by atoms with Crippen LogP contribution in [0.2, 0.25) is 0 Å². The largest absolute Gasteiger partial charge is 0.370 e. The van der Waals surface area contributed by atoms with Crippen LogP contribution in [0.3, 0.4) is 0 Å². The molecule has 160 valence electrons. The Kier molecular flexibility index (Phi) is 6.13. The van der Waals surface area contributed by atoms with Gasteiger partial charge >= 0.3 is 0 Å². The van der Waals surface area contributed by atoms with Crippen molar-refractivity contribution >= 4 is 11.6 Å². The van der Waals surface area contributed by atoms with Crippen LogP contribution in [-0.2, 0) is 0 Å². The third kappa shape index (κ3) is 4.38. The molecule has 1 amide bonds. The molecule has 2 saturated heterocycles. The van der Waals surface area contributed by atoms with E-state index in [2.05, 4.69) is 30.1 Å². The van der Waals surface area contributed by atoms with Crippen LogP contribution in [0.5, 0.6) is 0 Å². The third-order valence-electron chi connectivity index (χ3n) is 6.39. The fourth-order valence-electron chi connectivity index (χ4n) is 4.57. The van der Waals surface area contributed by atoms with Crippen molar-refractivity contribution in [2.75, 3.05) is 38.1 Å². The summed E-state index contributed by atoms with van der Waals surface area (Å²) in [6, 6.07) is 4.32. The number of aryl methyl sites for hydroxylation is 1. The van der Waals surface area contributed by atoms with E-state index in [-0.39, 0.29) is 11.5 Å². The number of anilines is 1. The first-order chi connectivity index (χ1) is 14.5. The third-order valence-corrected chi connectivity index (χ3v) is 6.39. The van der Waals surface area contributed by atoms with Crippen molar-refractivity contribution in [1.29, 1.82) is 0 Å². The minimum atomic E-state index is -0.163. The number of H-pyrrole nitrogens is 1. The Morgan fingerprint density at radius 1 is 1.13 bits per heavy atom. The molecule has 30 heavy (non-hydrogen) atoms. The molecule has 8 heteroatoms. The molecule has 2 aliphatic rings. The number of nitrogens with one attached hydrogen (secondary N) is 2. The lowest BCUT2D eigenvalue weighted by Crippen LogP contribution is -2.48. The van der Waals surface area contributed by atoms with E-state index in [1.165, 1.54) is 0 Å². The number of amides is 1. The number of likely N-dealkylation sites (tertiary alicyclic amines) is 1. The van der Waals surface area contributed by atoms with Gasteiger partial charge in [0.2, 0.25) is 0 Å². The van der Waals surface area contributed by atoms with Crippen LogP contribution in [0.4, 0.5) is 5.69 Å². The zero-order valence-corrected chi connectivity index (χ0v) is 17.7. The van der Waals surface area contributed by atoms with Gasteiger partial charge in [0.25, 0.3) is 11.5 Å². The maximum atomic E-state index is 12.0. The number of carbonyl (C=O) groups excluding carboxylic acids is 1. The van der Waals surface area contributed by atoms with Gasteiger partial charge in [-0.3, -0.25) is 14.5 Å². The summed E-state index contributed by atoms with van der Waals surface area (Å²) in [7, 11) is 1.61. The van der Waals surface area contributed by atoms with Gasteiger partial charge in [0.1, 0.15) is 11.5 Å². The molecule has 1 atom stereocenters. The van der Waals surface area contributed by atoms with E-state index < -0.39 is 0 Å². The summed E-state index contributed by atoms with van der Waals surface area (Å²) in [5.74, 6) is 0.964. The van der Waals surface area contributed by atoms with Crippen molar-refractivity contribution in [1.82, 2.24) is 25.2 Å². The molecular formula is C22H30N6O2. The molecule has 4 rings (SSSR count). The Balaban J connectivity index is 1.35. The van der Waals surface area contributed by atoms with Crippen molar-refractivity contribution in [3.63, 3.8) is 0 Å². The Hall–Kier alpha value is -2.74. The minimum absolute atomic E-state index is 0.0264. The van der Waals surface area contributed by atoms with E-state index in [9.17, 15) is 9.59 Å². The monoisotopic (exact) mass is 410 g/mol. The summed E-state index contributed by atoms with van der Waals surface area (Å²) in [5.41, 5.74) is 2.15. The lowest BCUT2D eigenvalue weighted by Gasteiger charge is -2.42. The highest BCUT2D eigenvalue weighted by atomic mass is 16.1. The summed E-state index contributed by atoms with van der Waals surface area (Å²) in [4.78, 5) is 40.3. The number of hydrogen-bond acceptors (Lipinski definition) is 6. The summed E-state index contributed by atoms with van der Waals surface area (Å²) >= 11 is 0. The molecule has 8 nitrogen and oxygen atoms in total. The predicted octanol–water partition coefficient (Wildman–Crippen LogP) is 1.68. The van der Waals surface area contributed by atoms with Crippen LogP contribution in [0.1, 0.15) is 53.5 Å². The standard InChI is InChI=1S/C22H30N6O2/c1-15-12-25-20(26-21(15)29)16-4-3-9-28(14-16)17-7-10-27(11-8-17)18-5-6-19(24-13-18)22(30)23-2/h5-6,12-13,16-17H,3-4,7-11,14H2,1-2H3,(H,23,30)(H,25,26,29). The average Bonchev–Trinajstić information content (AvgIpc) is 2.80. The Labute approximate surface area is 176 Å². The first kappa shape index (κ1) is 20.5. The van der Waals surface area contributed by atoms with E-state index >= 15 is 0 Å². The molecular weight excluding hydrogens is 380 g/mol. The fraction of sp³-hybridized carbons (Fsp3) is 0.545. The second-order valence-corrected chi connectivity index (χ2v) is 8.31. The van der Waals surface area contributed by atoms with Gasteiger partial charge in [-0.2, -0.15) is 0 Å². The van der Waals surface area contributed by atoms with Crippen molar-refractivity contribution in [3.05, 3.63) is 52.0 Å². The molecule has 2 fully saturated rings.